The standard InChI is InChI=1S/C21H21N3O3/c1-3-27-20-10-5-4-9-19(20)24-21(25)15-11-17(14-22-13-15)23-16-7-6-8-18(12-16)26-2/h4-14,23H,3H2,1-2H3,(H,24,25). The number of anilines is 3. The van der Waals surface area contributed by atoms with Crippen molar-refractivity contribution in [3.05, 3.63) is 72.6 Å². The van der Waals surface area contributed by atoms with Crippen LogP contribution < -0.4 is 20.1 Å². The average molecular weight is 363 g/mol. The minimum Gasteiger partial charge on any atom is -0.497 e. The first-order valence-electron chi connectivity index (χ1n) is 8.59. The molecule has 0 atom stereocenters. The summed E-state index contributed by atoms with van der Waals surface area (Å²) in [4.78, 5) is 16.8. The van der Waals surface area contributed by atoms with Crippen LogP contribution in [0.2, 0.25) is 0 Å². The van der Waals surface area contributed by atoms with Crippen LogP contribution in [0.3, 0.4) is 0 Å². The van der Waals surface area contributed by atoms with Gasteiger partial charge in [0.1, 0.15) is 11.5 Å². The largest absolute Gasteiger partial charge is 0.497 e. The van der Waals surface area contributed by atoms with Crippen LogP contribution in [-0.2, 0) is 0 Å². The van der Waals surface area contributed by atoms with Crippen LogP contribution in [0.15, 0.2) is 67.0 Å². The van der Waals surface area contributed by atoms with E-state index >= 15 is 0 Å². The second kappa shape index (κ2) is 8.71. The van der Waals surface area contributed by atoms with E-state index < -0.39 is 0 Å². The minimum absolute atomic E-state index is 0.260. The van der Waals surface area contributed by atoms with Crippen LogP contribution in [0.25, 0.3) is 0 Å². The van der Waals surface area contributed by atoms with Crippen LogP contribution in [0.4, 0.5) is 17.1 Å². The first-order chi connectivity index (χ1) is 13.2. The Labute approximate surface area is 158 Å². The van der Waals surface area contributed by atoms with Crippen molar-refractivity contribution in [2.24, 2.45) is 0 Å². The van der Waals surface area contributed by atoms with Gasteiger partial charge in [0.2, 0.25) is 0 Å². The van der Waals surface area contributed by atoms with E-state index in [1.54, 1.807) is 25.4 Å². The normalized spacial score (nSPS) is 10.1. The van der Waals surface area contributed by atoms with Crippen molar-refractivity contribution in [2.45, 2.75) is 6.92 Å². The summed E-state index contributed by atoms with van der Waals surface area (Å²) < 4.78 is 10.8. The Kier molecular flexibility index (Phi) is 5.89. The lowest BCUT2D eigenvalue weighted by molar-refractivity contribution is 0.102. The molecule has 0 saturated carbocycles. The lowest BCUT2D eigenvalue weighted by atomic mass is 10.2. The van der Waals surface area contributed by atoms with E-state index in [4.69, 9.17) is 9.47 Å². The van der Waals surface area contributed by atoms with E-state index in [2.05, 4.69) is 15.6 Å². The molecule has 27 heavy (non-hydrogen) atoms. The van der Waals surface area contributed by atoms with Gasteiger partial charge in [-0.2, -0.15) is 0 Å². The fourth-order valence-corrected chi connectivity index (χ4v) is 2.55. The van der Waals surface area contributed by atoms with E-state index in [-0.39, 0.29) is 5.91 Å². The molecule has 0 spiro atoms. The molecule has 1 aromatic heterocycles. The Morgan fingerprint density at radius 2 is 1.89 bits per heavy atom. The second-order valence-corrected chi connectivity index (χ2v) is 5.70. The van der Waals surface area contributed by atoms with Gasteiger partial charge in [0, 0.05) is 18.0 Å². The van der Waals surface area contributed by atoms with Crippen LogP contribution in [-0.4, -0.2) is 24.6 Å². The average Bonchev–Trinajstić information content (AvgIpc) is 2.70. The number of methoxy groups -OCH3 is 1. The monoisotopic (exact) mass is 363 g/mol. The number of rotatable bonds is 7. The summed E-state index contributed by atoms with van der Waals surface area (Å²) in [6.45, 7) is 2.42. The zero-order chi connectivity index (χ0) is 19.1. The van der Waals surface area contributed by atoms with Gasteiger partial charge in [-0.25, -0.2) is 0 Å². The third-order valence-corrected chi connectivity index (χ3v) is 3.79. The molecular formula is C21H21N3O3. The highest BCUT2D eigenvalue weighted by Crippen LogP contribution is 2.25. The summed E-state index contributed by atoms with van der Waals surface area (Å²) in [6, 6.07) is 16.6. The molecule has 0 unspecified atom stereocenters. The quantitative estimate of drug-likeness (QED) is 0.647. The number of nitrogens with zero attached hydrogens (tertiary/aromatic N) is 1. The number of para-hydroxylation sites is 2. The molecule has 0 aliphatic heterocycles. The number of nitrogens with one attached hydrogen (secondary N) is 2. The van der Waals surface area contributed by atoms with E-state index in [1.807, 2.05) is 49.4 Å². The SMILES string of the molecule is CCOc1ccccc1NC(=O)c1cncc(Nc2cccc(OC)c2)c1. The molecule has 6 heteroatoms. The van der Waals surface area contributed by atoms with Gasteiger partial charge in [-0.1, -0.05) is 18.2 Å². The van der Waals surface area contributed by atoms with Gasteiger partial charge in [-0.15, -0.1) is 0 Å². The molecule has 6 nitrogen and oxygen atoms in total. The zero-order valence-corrected chi connectivity index (χ0v) is 15.2. The summed E-state index contributed by atoms with van der Waals surface area (Å²) in [5.74, 6) is 1.12. The van der Waals surface area contributed by atoms with Crippen LogP contribution in [0.1, 0.15) is 17.3 Å². The smallest absolute Gasteiger partial charge is 0.257 e. The van der Waals surface area contributed by atoms with Crippen molar-refractivity contribution < 1.29 is 14.3 Å². The van der Waals surface area contributed by atoms with E-state index in [0.717, 1.165) is 11.4 Å². The summed E-state index contributed by atoms with van der Waals surface area (Å²) in [5, 5.41) is 6.09. The Balaban J connectivity index is 1.76. The topological polar surface area (TPSA) is 72.5 Å². The lowest BCUT2D eigenvalue weighted by Crippen LogP contribution is -2.13. The predicted molar refractivity (Wildman–Crippen MR) is 106 cm³/mol. The second-order valence-electron chi connectivity index (χ2n) is 5.70. The van der Waals surface area contributed by atoms with Gasteiger partial charge in [-0.3, -0.25) is 9.78 Å². The molecule has 1 amide bonds. The van der Waals surface area contributed by atoms with Gasteiger partial charge in [0.25, 0.3) is 5.91 Å². The van der Waals surface area contributed by atoms with Crippen molar-refractivity contribution in [1.29, 1.82) is 0 Å². The summed E-state index contributed by atoms with van der Waals surface area (Å²) >= 11 is 0. The van der Waals surface area contributed by atoms with E-state index in [1.165, 1.54) is 6.20 Å². The van der Waals surface area contributed by atoms with Crippen LogP contribution in [0.5, 0.6) is 11.5 Å². The van der Waals surface area contributed by atoms with Gasteiger partial charge >= 0.3 is 0 Å². The Hall–Kier alpha value is -3.54. The number of hydrogen-bond donors (Lipinski definition) is 2. The number of hydrogen-bond acceptors (Lipinski definition) is 5. The molecule has 3 aromatic rings. The molecule has 0 aliphatic carbocycles. The molecule has 2 aromatic carbocycles. The van der Waals surface area contributed by atoms with Gasteiger partial charge in [0.05, 0.1) is 36.9 Å². The van der Waals surface area contributed by atoms with Crippen molar-refractivity contribution in [3.63, 3.8) is 0 Å². The summed E-state index contributed by atoms with van der Waals surface area (Å²) in [5.41, 5.74) is 2.61. The van der Waals surface area contributed by atoms with Gasteiger partial charge < -0.3 is 20.1 Å². The number of amides is 1. The van der Waals surface area contributed by atoms with E-state index in [9.17, 15) is 4.79 Å². The molecule has 2 N–H and O–H groups in total. The molecule has 0 fully saturated rings. The number of benzene rings is 2. The minimum atomic E-state index is -0.260. The lowest BCUT2D eigenvalue weighted by Gasteiger charge is -2.12. The summed E-state index contributed by atoms with van der Waals surface area (Å²) in [7, 11) is 1.62. The summed E-state index contributed by atoms with van der Waals surface area (Å²) in [6.07, 6.45) is 3.18. The number of aromatic nitrogens is 1. The molecule has 138 valence electrons. The number of pyridine rings is 1. The molecule has 0 saturated heterocycles. The highest BCUT2D eigenvalue weighted by Gasteiger charge is 2.11. The maximum absolute atomic E-state index is 12.6. The third kappa shape index (κ3) is 4.76. The van der Waals surface area contributed by atoms with Crippen molar-refractivity contribution in [2.75, 3.05) is 24.4 Å². The maximum atomic E-state index is 12.6. The van der Waals surface area contributed by atoms with Crippen LogP contribution in [0, 0.1) is 0 Å². The van der Waals surface area contributed by atoms with Crippen molar-refractivity contribution >= 4 is 23.0 Å². The molecule has 3 rings (SSSR count). The number of carbonyl (C=O) groups is 1. The first-order valence-corrected chi connectivity index (χ1v) is 8.59. The molecule has 0 bridgehead atoms. The van der Waals surface area contributed by atoms with Gasteiger partial charge in [0.15, 0.2) is 0 Å². The van der Waals surface area contributed by atoms with Crippen molar-refractivity contribution in [1.82, 2.24) is 4.98 Å². The molecular weight excluding hydrogens is 342 g/mol. The Bertz CT molecular complexity index is 928. The number of ether oxygens (including phenoxy) is 2. The van der Waals surface area contributed by atoms with Crippen molar-refractivity contribution in [3.8, 4) is 11.5 Å². The molecule has 1 heterocycles. The van der Waals surface area contributed by atoms with E-state index in [0.29, 0.717) is 29.3 Å². The third-order valence-electron chi connectivity index (χ3n) is 3.79. The Morgan fingerprint density at radius 3 is 2.70 bits per heavy atom. The van der Waals surface area contributed by atoms with Crippen LogP contribution >= 0.6 is 0 Å². The fourth-order valence-electron chi connectivity index (χ4n) is 2.55. The maximum Gasteiger partial charge on any atom is 0.257 e. The predicted octanol–water partition coefficient (Wildman–Crippen LogP) is 4.48. The Morgan fingerprint density at radius 1 is 1.04 bits per heavy atom. The van der Waals surface area contributed by atoms with Gasteiger partial charge in [-0.05, 0) is 37.3 Å². The molecule has 0 radical (unpaired) electrons. The molecule has 0 aliphatic rings. The number of carbonyl (C=O) groups excluding carboxylic acids is 1. The highest BCUT2D eigenvalue weighted by molar-refractivity contribution is 6.05. The highest BCUT2D eigenvalue weighted by atomic mass is 16.5. The first kappa shape index (κ1) is 18.3. The zero-order valence-electron chi connectivity index (χ0n) is 15.2. The fraction of sp³-hybridized carbons (Fsp3) is 0.143.